The summed E-state index contributed by atoms with van der Waals surface area (Å²) >= 11 is 0. The third-order valence-electron chi connectivity index (χ3n) is 5.52. The molecule has 1 aromatic carbocycles. The number of ether oxygens (including phenoxy) is 1. The van der Waals surface area contributed by atoms with Crippen molar-refractivity contribution < 1.29 is 9.84 Å². The van der Waals surface area contributed by atoms with Gasteiger partial charge in [-0.05, 0) is 37.0 Å². The third kappa shape index (κ3) is 3.85. The summed E-state index contributed by atoms with van der Waals surface area (Å²) in [5.74, 6) is 1.30. The number of nitrogens with zero attached hydrogens (tertiary/aromatic N) is 4. The molecule has 1 saturated heterocycles. The molecule has 9 nitrogen and oxygen atoms in total. The summed E-state index contributed by atoms with van der Waals surface area (Å²) in [6.07, 6.45) is 2.13. The summed E-state index contributed by atoms with van der Waals surface area (Å²) in [4.78, 5) is 33.6. The summed E-state index contributed by atoms with van der Waals surface area (Å²) in [6, 6.07) is 7.76. The van der Waals surface area contributed by atoms with Crippen LogP contribution >= 0.6 is 0 Å². The van der Waals surface area contributed by atoms with Crippen LogP contribution < -0.4 is 20.9 Å². The topological polar surface area (TPSA) is 105 Å². The first-order chi connectivity index (χ1) is 14.5. The minimum atomic E-state index is -0.856. The molecule has 0 spiro atoms. The maximum Gasteiger partial charge on any atom is 0.329 e. The zero-order valence-electron chi connectivity index (χ0n) is 17.3. The third-order valence-corrected chi connectivity index (χ3v) is 5.52. The molecule has 30 heavy (non-hydrogen) atoms. The Bertz CT molecular complexity index is 1160. The van der Waals surface area contributed by atoms with E-state index < -0.39 is 17.4 Å². The molecule has 2 N–H and O–H groups in total. The van der Waals surface area contributed by atoms with E-state index in [1.54, 1.807) is 11.6 Å². The minimum absolute atomic E-state index is 0.0793. The highest BCUT2D eigenvalue weighted by Gasteiger charge is 2.25. The van der Waals surface area contributed by atoms with Crippen LogP contribution in [0, 0.1) is 0 Å². The van der Waals surface area contributed by atoms with Crippen molar-refractivity contribution in [1.29, 1.82) is 0 Å². The Morgan fingerprint density at radius 3 is 2.77 bits per heavy atom. The number of imidazole rings is 1. The lowest BCUT2D eigenvalue weighted by atomic mass is 10.2. The van der Waals surface area contributed by atoms with E-state index in [1.807, 2.05) is 24.3 Å². The van der Waals surface area contributed by atoms with Crippen LogP contribution in [0.1, 0.15) is 25.3 Å². The van der Waals surface area contributed by atoms with Gasteiger partial charge in [0.1, 0.15) is 18.5 Å². The smallest absolute Gasteiger partial charge is 0.329 e. The Balaban J connectivity index is 1.63. The first-order valence-corrected chi connectivity index (χ1v) is 10.3. The number of hydrogen-bond acceptors (Lipinski definition) is 6. The van der Waals surface area contributed by atoms with Crippen molar-refractivity contribution in [3.63, 3.8) is 0 Å². The minimum Gasteiger partial charge on any atom is -0.491 e. The molecule has 0 radical (unpaired) electrons. The number of rotatable bonds is 7. The van der Waals surface area contributed by atoms with Crippen LogP contribution in [-0.2, 0) is 20.0 Å². The molecule has 1 atom stereocenters. The Labute approximate surface area is 173 Å². The average molecular weight is 413 g/mol. The molecule has 1 fully saturated rings. The Hall–Kier alpha value is -3.07. The molecular formula is C21H27N5O4. The molecule has 160 valence electrons. The fourth-order valence-corrected chi connectivity index (χ4v) is 3.87. The van der Waals surface area contributed by atoms with Gasteiger partial charge >= 0.3 is 5.69 Å². The molecule has 0 unspecified atom stereocenters. The fourth-order valence-electron chi connectivity index (χ4n) is 3.87. The average Bonchev–Trinajstić information content (AvgIpc) is 3.39. The van der Waals surface area contributed by atoms with Gasteiger partial charge in [-0.3, -0.25) is 14.3 Å². The predicted octanol–water partition coefficient (Wildman–Crippen LogP) is 1.03. The number of aliphatic hydroxyl groups excluding tert-OH is 1. The van der Waals surface area contributed by atoms with Gasteiger partial charge in [-0.2, -0.15) is 4.98 Å². The number of aliphatic hydroxyl groups is 1. The lowest BCUT2D eigenvalue weighted by Gasteiger charge is -2.20. The number of aryl methyl sites for hydroxylation is 2. The number of nitrogens with one attached hydrogen (secondary N) is 1. The van der Waals surface area contributed by atoms with E-state index in [2.05, 4.69) is 21.8 Å². The maximum absolute atomic E-state index is 12.6. The standard InChI is InChI=1S/C21H27N5O4/c1-3-14-7-6-8-16(11-14)30-13-15(27)12-26-17-18(24(2)21(29)23-19(17)28)22-20(26)25-9-4-5-10-25/h6-8,11,15,27H,3-5,9-10,12-13H2,1-2H3,(H,23,28,29)/t15-/m1/s1. The number of hydrogen-bond donors (Lipinski definition) is 2. The van der Waals surface area contributed by atoms with Crippen LogP contribution in [0.15, 0.2) is 33.9 Å². The van der Waals surface area contributed by atoms with Gasteiger partial charge in [0.2, 0.25) is 5.95 Å². The summed E-state index contributed by atoms with van der Waals surface area (Å²) in [6.45, 7) is 3.94. The first-order valence-electron chi connectivity index (χ1n) is 10.3. The molecule has 1 aliphatic heterocycles. The molecule has 1 aliphatic rings. The highest BCUT2D eigenvalue weighted by atomic mass is 16.5. The van der Waals surface area contributed by atoms with Crippen molar-refractivity contribution in [2.75, 3.05) is 24.6 Å². The molecule has 0 saturated carbocycles. The molecular weight excluding hydrogens is 386 g/mol. The number of aromatic nitrogens is 4. The molecule has 0 bridgehead atoms. The largest absolute Gasteiger partial charge is 0.491 e. The van der Waals surface area contributed by atoms with Crippen LogP contribution in [0.3, 0.4) is 0 Å². The van der Waals surface area contributed by atoms with Crippen molar-refractivity contribution in [2.24, 2.45) is 7.05 Å². The quantitative estimate of drug-likeness (QED) is 0.599. The number of aromatic amines is 1. The second-order valence-electron chi connectivity index (χ2n) is 7.67. The molecule has 0 aliphatic carbocycles. The Morgan fingerprint density at radius 1 is 1.27 bits per heavy atom. The number of anilines is 1. The van der Waals surface area contributed by atoms with Crippen LogP contribution in [0.5, 0.6) is 5.75 Å². The van der Waals surface area contributed by atoms with E-state index in [1.165, 1.54) is 4.57 Å². The second kappa shape index (κ2) is 8.35. The van der Waals surface area contributed by atoms with E-state index in [9.17, 15) is 14.7 Å². The van der Waals surface area contributed by atoms with Gasteiger partial charge in [0.05, 0.1) is 6.54 Å². The van der Waals surface area contributed by atoms with Crippen LogP contribution in [0.4, 0.5) is 5.95 Å². The highest BCUT2D eigenvalue weighted by molar-refractivity contribution is 5.74. The predicted molar refractivity (Wildman–Crippen MR) is 114 cm³/mol. The molecule has 9 heteroatoms. The van der Waals surface area contributed by atoms with Gasteiger partial charge in [-0.15, -0.1) is 0 Å². The van der Waals surface area contributed by atoms with Crippen molar-refractivity contribution in [3.8, 4) is 5.75 Å². The van der Waals surface area contributed by atoms with Crippen LogP contribution in [-0.4, -0.2) is 50.0 Å². The zero-order chi connectivity index (χ0) is 21.3. The van der Waals surface area contributed by atoms with Gasteiger partial charge in [0, 0.05) is 20.1 Å². The maximum atomic E-state index is 12.6. The van der Waals surface area contributed by atoms with E-state index in [0.717, 1.165) is 37.9 Å². The van der Waals surface area contributed by atoms with Crippen molar-refractivity contribution in [2.45, 2.75) is 38.8 Å². The van der Waals surface area contributed by atoms with Crippen molar-refractivity contribution in [1.82, 2.24) is 19.1 Å². The summed E-state index contributed by atoms with van der Waals surface area (Å²) in [5, 5.41) is 10.7. The summed E-state index contributed by atoms with van der Waals surface area (Å²) in [5.41, 5.74) is 0.742. The summed E-state index contributed by atoms with van der Waals surface area (Å²) < 4.78 is 8.80. The van der Waals surface area contributed by atoms with Gasteiger partial charge in [-0.25, -0.2) is 4.79 Å². The number of H-pyrrole nitrogens is 1. The molecule has 3 aromatic rings. The van der Waals surface area contributed by atoms with Crippen molar-refractivity contribution in [3.05, 3.63) is 50.7 Å². The Kier molecular flexibility index (Phi) is 5.63. The molecule has 3 heterocycles. The normalized spacial score (nSPS) is 15.1. The lowest BCUT2D eigenvalue weighted by molar-refractivity contribution is 0.0936. The van der Waals surface area contributed by atoms with Crippen LogP contribution in [0.25, 0.3) is 11.2 Å². The number of benzene rings is 1. The van der Waals surface area contributed by atoms with Crippen LogP contribution in [0.2, 0.25) is 0 Å². The zero-order valence-corrected chi connectivity index (χ0v) is 17.3. The fraction of sp³-hybridized carbons (Fsp3) is 0.476. The van der Waals surface area contributed by atoms with E-state index >= 15 is 0 Å². The van der Waals surface area contributed by atoms with E-state index in [4.69, 9.17) is 4.74 Å². The molecule has 0 amide bonds. The van der Waals surface area contributed by atoms with Gasteiger partial charge in [-0.1, -0.05) is 19.1 Å². The molecule has 4 rings (SSSR count). The van der Waals surface area contributed by atoms with Crippen molar-refractivity contribution >= 4 is 17.1 Å². The van der Waals surface area contributed by atoms with Gasteiger partial charge in [0.15, 0.2) is 11.2 Å². The summed E-state index contributed by atoms with van der Waals surface area (Å²) in [7, 11) is 1.58. The lowest BCUT2D eigenvalue weighted by Crippen LogP contribution is -2.31. The number of fused-ring (bicyclic) bond motifs is 1. The van der Waals surface area contributed by atoms with E-state index in [-0.39, 0.29) is 18.7 Å². The molecule has 2 aromatic heterocycles. The van der Waals surface area contributed by atoms with Gasteiger partial charge in [0.25, 0.3) is 5.56 Å². The van der Waals surface area contributed by atoms with Gasteiger partial charge < -0.3 is 19.3 Å². The monoisotopic (exact) mass is 413 g/mol. The second-order valence-corrected chi connectivity index (χ2v) is 7.67. The first kappa shape index (κ1) is 20.2. The van der Waals surface area contributed by atoms with E-state index in [0.29, 0.717) is 17.3 Å². The SMILES string of the molecule is CCc1cccc(OC[C@H](O)Cn2c(N3CCCC3)nc3c2c(=O)[nH]c(=O)n3C)c1. The Morgan fingerprint density at radius 2 is 2.03 bits per heavy atom. The highest BCUT2D eigenvalue weighted by Crippen LogP contribution is 2.24.